The minimum atomic E-state index is -0.341. The molecule has 3 N–H and O–H groups in total. The molecule has 1 aliphatic heterocycles. The van der Waals surface area contributed by atoms with Crippen LogP contribution >= 0.6 is 0 Å². The van der Waals surface area contributed by atoms with Crippen LogP contribution in [0, 0.1) is 17.7 Å². The zero-order valence-electron chi connectivity index (χ0n) is 12.0. The maximum absolute atomic E-state index is 13.7. The molecule has 1 saturated heterocycles. The highest BCUT2D eigenvalue weighted by Gasteiger charge is 2.16. The molecule has 21 heavy (non-hydrogen) atoms. The molecule has 1 fully saturated rings. The summed E-state index contributed by atoms with van der Waals surface area (Å²) in [6.45, 7) is 1.98. The fourth-order valence-corrected chi connectivity index (χ4v) is 2.32. The van der Waals surface area contributed by atoms with Crippen LogP contribution in [0.5, 0.6) is 0 Å². The number of halogens is 1. The summed E-state index contributed by atoms with van der Waals surface area (Å²) in [4.78, 5) is 13.8. The Morgan fingerprint density at radius 2 is 2.10 bits per heavy atom. The molecule has 4 nitrogen and oxygen atoms in total. The highest BCUT2D eigenvalue weighted by atomic mass is 19.1. The van der Waals surface area contributed by atoms with Crippen molar-refractivity contribution >= 4 is 6.03 Å². The number of nitrogens with two attached hydrogens (primary N) is 1. The van der Waals surface area contributed by atoms with Crippen LogP contribution in [0.1, 0.15) is 30.4 Å². The number of rotatable bonds is 2. The van der Waals surface area contributed by atoms with Crippen molar-refractivity contribution in [3.8, 4) is 11.8 Å². The van der Waals surface area contributed by atoms with Crippen molar-refractivity contribution in [1.29, 1.82) is 0 Å². The molecule has 0 radical (unpaired) electrons. The van der Waals surface area contributed by atoms with Crippen LogP contribution in [-0.4, -0.2) is 30.6 Å². The van der Waals surface area contributed by atoms with Crippen molar-refractivity contribution in [1.82, 2.24) is 10.2 Å². The van der Waals surface area contributed by atoms with E-state index in [1.807, 2.05) is 0 Å². The van der Waals surface area contributed by atoms with Crippen molar-refractivity contribution in [3.05, 3.63) is 35.1 Å². The van der Waals surface area contributed by atoms with E-state index in [-0.39, 0.29) is 24.9 Å². The summed E-state index contributed by atoms with van der Waals surface area (Å²) < 4.78 is 13.7. The number of hydrogen-bond acceptors (Lipinski definition) is 2. The van der Waals surface area contributed by atoms with Crippen LogP contribution in [0.2, 0.25) is 0 Å². The molecule has 0 atom stereocenters. The zero-order chi connectivity index (χ0) is 15.1. The average molecular weight is 289 g/mol. The summed E-state index contributed by atoms with van der Waals surface area (Å²) in [6, 6.07) is 4.48. The second-order valence-corrected chi connectivity index (χ2v) is 5.02. The number of benzene rings is 1. The Morgan fingerprint density at radius 3 is 2.81 bits per heavy atom. The summed E-state index contributed by atoms with van der Waals surface area (Å²) in [6.07, 6.45) is 3.23. The molecule has 1 aromatic carbocycles. The van der Waals surface area contributed by atoms with Crippen LogP contribution in [0.3, 0.4) is 0 Å². The standard InChI is InChI=1S/C16H20FN3O/c17-15-7-6-13(5-4-8-18)11-14(15)12-19-16(21)20-9-2-1-3-10-20/h6-7,11H,1-3,8-10,12,18H2,(H,19,21). The summed E-state index contributed by atoms with van der Waals surface area (Å²) in [7, 11) is 0. The minimum Gasteiger partial charge on any atom is -0.334 e. The summed E-state index contributed by atoms with van der Waals surface area (Å²) in [5, 5.41) is 2.77. The lowest BCUT2D eigenvalue weighted by atomic mass is 10.1. The number of likely N-dealkylation sites (tertiary alicyclic amines) is 1. The molecule has 0 bridgehead atoms. The smallest absolute Gasteiger partial charge is 0.317 e. The first-order valence-electron chi connectivity index (χ1n) is 7.21. The van der Waals surface area contributed by atoms with Gasteiger partial charge in [0.2, 0.25) is 0 Å². The summed E-state index contributed by atoms with van der Waals surface area (Å²) in [5.74, 6) is 5.25. The van der Waals surface area contributed by atoms with Crippen LogP contribution < -0.4 is 11.1 Å². The topological polar surface area (TPSA) is 58.4 Å². The van der Waals surface area contributed by atoms with E-state index in [4.69, 9.17) is 5.73 Å². The molecule has 1 aliphatic rings. The molecular weight excluding hydrogens is 269 g/mol. The zero-order valence-corrected chi connectivity index (χ0v) is 12.0. The average Bonchev–Trinajstić information content (AvgIpc) is 2.53. The number of carbonyl (C=O) groups is 1. The fraction of sp³-hybridized carbons (Fsp3) is 0.438. The molecule has 5 heteroatoms. The van der Waals surface area contributed by atoms with E-state index >= 15 is 0 Å². The third-order valence-corrected chi connectivity index (χ3v) is 3.45. The molecule has 1 aromatic rings. The van der Waals surface area contributed by atoms with Gasteiger partial charge >= 0.3 is 6.03 Å². The van der Waals surface area contributed by atoms with Gasteiger partial charge in [-0.25, -0.2) is 9.18 Å². The second kappa shape index (κ2) is 7.65. The van der Waals surface area contributed by atoms with E-state index in [1.54, 1.807) is 17.0 Å². The fourth-order valence-electron chi connectivity index (χ4n) is 2.32. The van der Waals surface area contributed by atoms with Crippen molar-refractivity contribution in [2.45, 2.75) is 25.8 Å². The highest BCUT2D eigenvalue weighted by Crippen LogP contribution is 2.11. The monoisotopic (exact) mass is 289 g/mol. The molecule has 0 spiro atoms. The quantitative estimate of drug-likeness (QED) is 0.816. The second-order valence-electron chi connectivity index (χ2n) is 5.02. The van der Waals surface area contributed by atoms with Crippen LogP contribution in [0.15, 0.2) is 18.2 Å². The predicted octanol–water partition coefficient (Wildman–Crippen LogP) is 1.83. The highest BCUT2D eigenvalue weighted by molar-refractivity contribution is 5.74. The van der Waals surface area contributed by atoms with Gasteiger partial charge in [0.15, 0.2) is 0 Å². The van der Waals surface area contributed by atoms with Crippen molar-refractivity contribution in [2.75, 3.05) is 19.6 Å². The summed E-state index contributed by atoms with van der Waals surface area (Å²) in [5.41, 5.74) is 6.45. The molecule has 0 saturated carbocycles. The first-order valence-corrected chi connectivity index (χ1v) is 7.21. The maximum Gasteiger partial charge on any atom is 0.317 e. The predicted molar refractivity (Wildman–Crippen MR) is 80.0 cm³/mol. The maximum atomic E-state index is 13.7. The lowest BCUT2D eigenvalue weighted by molar-refractivity contribution is 0.186. The molecule has 0 aliphatic carbocycles. The van der Waals surface area contributed by atoms with Gasteiger partial charge in [0, 0.05) is 30.8 Å². The van der Waals surface area contributed by atoms with Crippen LogP contribution in [0.25, 0.3) is 0 Å². The van der Waals surface area contributed by atoms with E-state index in [9.17, 15) is 9.18 Å². The van der Waals surface area contributed by atoms with Gasteiger partial charge in [-0.3, -0.25) is 0 Å². The lowest BCUT2D eigenvalue weighted by Gasteiger charge is -2.26. The largest absolute Gasteiger partial charge is 0.334 e. The molecular formula is C16H20FN3O. The van der Waals surface area contributed by atoms with Crippen molar-refractivity contribution in [2.24, 2.45) is 5.73 Å². The van der Waals surface area contributed by atoms with Gasteiger partial charge in [-0.2, -0.15) is 0 Å². The number of piperidine rings is 1. The third kappa shape index (κ3) is 4.47. The number of carbonyl (C=O) groups excluding carboxylic acids is 1. The Bertz CT molecular complexity index is 556. The molecule has 0 aromatic heterocycles. The Kier molecular flexibility index (Phi) is 5.59. The first-order chi connectivity index (χ1) is 10.2. The number of nitrogens with one attached hydrogen (secondary N) is 1. The Hall–Kier alpha value is -2.06. The lowest BCUT2D eigenvalue weighted by Crippen LogP contribution is -2.42. The number of hydrogen-bond donors (Lipinski definition) is 2. The van der Waals surface area contributed by atoms with E-state index < -0.39 is 0 Å². The normalized spacial score (nSPS) is 14.3. The SMILES string of the molecule is NCC#Cc1ccc(F)c(CNC(=O)N2CCCCC2)c1. The van der Waals surface area contributed by atoms with Gasteiger partial charge < -0.3 is 16.0 Å². The van der Waals surface area contributed by atoms with E-state index in [0.717, 1.165) is 25.9 Å². The molecule has 0 unspecified atom stereocenters. The van der Waals surface area contributed by atoms with Gasteiger partial charge in [-0.05, 0) is 37.5 Å². The molecule has 2 rings (SSSR count). The molecule has 112 valence electrons. The number of amides is 2. The Balaban J connectivity index is 1.96. The Labute approximate surface area is 124 Å². The third-order valence-electron chi connectivity index (χ3n) is 3.45. The van der Waals surface area contributed by atoms with Gasteiger partial charge in [-0.1, -0.05) is 11.8 Å². The first kappa shape index (κ1) is 15.3. The minimum absolute atomic E-state index is 0.132. The van der Waals surface area contributed by atoms with E-state index in [1.165, 1.54) is 12.5 Å². The van der Waals surface area contributed by atoms with Crippen molar-refractivity contribution in [3.63, 3.8) is 0 Å². The van der Waals surface area contributed by atoms with Gasteiger partial charge in [0.05, 0.1) is 6.54 Å². The van der Waals surface area contributed by atoms with Crippen LogP contribution in [0.4, 0.5) is 9.18 Å². The Morgan fingerprint density at radius 1 is 1.33 bits per heavy atom. The van der Waals surface area contributed by atoms with Crippen LogP contribution in [-0.2, 0) is 6.54 Å². The number of urea groups is 1. The van der Waals surface area contributed by atoms with Crippen molar-refractivity contribution < 1.29 is 9.18 Å². The van der Waals surface area contributed by atoms with Gasteiger partial charge in [0.25, 0.3) is 0 Å². The van der Waals surface area contributed by atoms with E-state index in [2.05, 4.69) is 17.2 Å². The molecule has 1 heterocycles. The van der Waals surface area contributed by atoms with E-state index in [0.29, 0.717) is 11.1 Å². The number of nitrogens with zero attached hydrogens (tertiary/aromatic N) is 1. The molecule has 2 amide bonds. The van der Waals surface area contributed by atoms with Gasteiger partial charge in [0.1, 0.15) is 5.82 Å². The summed E-state index contributed by atoms with van der Waals surface area (Å²) >= 11 is 0. The van der Waals surface area contributed by atoms with Gasteiger partial charge in [-0.15, -0.1) is 0 Å².